The van der Waals surface area contributed by atoms with E-state index >= 15 is 0 Å². The van der Waals surface area contributed by atoms with Gasteiger partial charge in [-0.1, -0.05) is 39.3 Å². The number of alkyl halides is 1. The van der Waals surface area contributed by atoms with Crippen molar-refractivity contribution >= 4 is 34.2 Å². The molecule has 0 atom stereocenters. The third kappa shape index (κ3) is 2.79. The Morgan fingerprint density at radius 2 is 2.00 bits per heavy atom. The molecule has 110 valence electrons. The highest BCUT2D eigenvalue weighted by atomic mass is 35.5. The lowest BCUT2D eigenvalue weighted by atomic mass is 9.81. The molecule has 0 bridgehead atoms. The maximum atomic E-state index is 13.5. The summed E-state index contributed by atoms with van der Waals surface area (Å²) in [5.41, 5.74) is 1.51. The van der Waals surface area contributed by atoms with Crippen LogP contribution in [0, 0.1) is 17.2 Å². The number of rotatable bonds is 4. The van der Waals surface area contributed by atoms with E-state index in [0.29, 0.717) is 17.3 Å². The van der Waals surface area contributed by atoms with E-state index in [1.54, 1.807) is 6.07 Å². The molecule has 0 aliphatic carbocycles. The topological polar surface area (TPSA) is 17.8 Å². The maximum Gasteiger partial charge on any atom is 0.144 e. The molecule has 0 N–H and O–H groups in total. The van der Waals surface area contributed by atoms with Gasteiger partial charge in [0.25, 0.3) is 0 Å². The van der Waals surface area contributed by atoms with Crippen LogP contribution in [-0.4, -0.2) is 9.55 Å². The first kappa shape index (κ1) is 15.6. The van der Waals surface area contributed by atoms with E-state index in [0.717, 1.165) is 17.9 Å². The minimum Gasteiger partial charge on any atom is -0.326 e. The van der Waals surface area contributed by atoms with E-state index in [1.807, 2.05) is 4.57 Å². The zero-order valence-corrected chi connectivity index (χ0v) is 13.7. The summed E-state index contributed by atoms with van der Waals surface area (Å²) >= 11 is 11.9. The summed E-state index contributed by atoms with van der Waals surface area (Å²) in [7, 11) is 0. The first-order valence-electron chi connectivity index (χ1n) is 6.66. The van der Waals surface area contributed by atoms with Crippen LogP contribution in [0.4, 0.5) is 4.39 Å². The van der Waals surface area contributed by atoms with Crippen molar-refractivity contribution in [1.29, 1.82) is 0 Å². The highest BCUT2D eigenvalue weighted by molar-refractivity contribution is 6.31. The lowest BCUT2D eigenvalue weighted by molar-refractivity contribution is 0.211. The second-order valence-corrected chi connectivity index (χ2v) is 6.82. The van der Waals surface area contributed by atoms with Crippen LogP contribution in [0.25, 0.3) is 11.0 Å². The van der Waals surface area contributed by atoms with Crippen molar-refractivity contribution in [3.8, 4) is 0 Å². The van der Waals surface area contributed by atoms with Gasteiger partial charge in [-0.05, 0) is 17.4 Å². The number of hydrogen-bond acceptors (Lipinski definition) is 1. The fourth-order valence-corrected chi connectivity index (χ4v) is 2.40. The predicted octanol–water partition coefficient (Wildman–Crippen LogP) is 5.25. The van der Waals surface area contributed by atoms with Crippen molar-refractivity contribution in [3.63, 3.8) is 0 Å². The van der Waals surface area contributed by atoms with Gasteiger partial charge in [-0.2, -0.15) is 0 Å². The molecule has 0 saturated heterocycles. The van der Waals surface area contributed by atoms with Crippen LogP contribution in [-0.2, 0) is 12.4 Å². The second-order valence-electron chi connectivity index (χ2n) is 6.15. The zero-order valence-electron chi connectivity index (χ0n) is 12.2. The monoisotopic (exact) mass is 316 g/mol. The quantitative estimate of drug-likeness (QED) is 0.704. The molecule has 1 aromatic heterocycles. The number of halogens is 3. The molecule has 5 heteroatoms. The molecule has 0 spiro atoms. The van der Waals surface area contributed by atoms with Crippen LogP contribution < -0.4 is 0 Å². The third-order valence-electron chi connectivity index (χ3n) is 4.12. The largest absolute Gasteiger partial charge is 0.326 e. The van der Waals surface area contributed by atoms with Crippen molar-refractivity contribution < 1.29 is 4.39 Å². The predicted molar refractivity (Wildman–Crippen MR) is 82.9 cm³/mol. The van der Waals surface area contributed by atoms with Gasteiger partial charge >= 0.3 is 0 Å². The van der Waals surface area contributed by atoms with Crippen LogP contribution >= 0.6 is 23.2 Å². The van der Waals surface area contributed by atoms with Gasteiger partial charge in [0, 0.05) is 12.6 Å². The summed E-state index contributed by atoms with van der Waals surface area (Å²) in [6.07, 6.45) is 0. The number of hydrogen-bond donors (Lipinski definition) is 0. The van der Waals surface area contributed by atoms with Crippen molar-refractivity contribution in [2.45, 2.75) is 40.1 Å². The van der Waals surface area contributed by atoms with Gasteiger partial charge < -0.3 is 4.57 Å². The standard InChI is InChI=1S/C15H19Cl2FN2/c1-9(2)15(3,4)8-20-13-5-10(17)11(18)6-12(13)19-14(20)7-16/h5-6,9H,7-8H2,1-4H3. The molecule has 0 radical (unpaired) electrons. The minimum atomic E-state index is -0.451. The Labute approximate surface area is 128 Å². The Balaban J connectivity index is 2.59. The fourth-order valence-electron chi connectivity index (χ4n) is 2.04. The minimum absolute atomic E-state index is 0.0787. The van der Waals surface area contributed by atoms with E-state index in [1.165, 1.54) is 6.07 Å². The smallest absolute Gasteiger partial charge is 0.144 e. The normalized spacial score (nSPS) is 12.6. The van der Waals surface area contributed by atoms with Crippen LogP contribution in [0.2, 0.25) is 5.02 Å². The van der Waals surface area contributed by atoms with Crippen molar-refractivity contribution in [2.75, 3.05) is 0 Å². The van der Waals surface area contributed by atoms with Gasteiger partial charge in [0.2, 0.25) is 0 Å². The molecule has 0 fully saturated rings. The molecule has 0 amide bonds. The van der Waals surface area contributed by atoms with E-state index in [-0.39, 0.29) is 10.4 Å². The number of nitrogens with zero attached hydrogens (tertiary/aromatic N) is 2. The Hall–Kier alpha value is -0.800. The molecule has 2 aromatic rings. The van der Waals surface area contributed by atoms with Gasteiger partial charge in [0.15, 0.2) is 0 Å². The molecule has 2 rings (SSSR count). The molecular weight excluding hydrogens is 298 g/mol. The fraction of sp³-hybridized carbons (Fsp3) is 0.533. The van der Waals surface area contributed by atoms with Crippen LogP contribution in [0.1, 0.15) is 33.5 Å². The van der Waals surface area contributed by atoms with Crippen LogP contribution in [0.3, 0.4) is 0 Å². The average molecular weight is 317 g/mol. The van der Waals surface area contributed by atoms with E-state index in [2.05, 4.69) is 32.7 Å². The molecule has 0 aliphatic rings. The summed E-state index contributed by atoms with van der Waals surface area (Å²) in [5.74, 6) is 1.09. The van der Waals surface area contributed by atoms with Gasteiger partial charge in [0.05, 0.1) is 21.9 Å². The van der Waals surface area contributed by atoms with Crippen LogP contribution in [0.15, 0.2) is 12.1 Å². The van der Waals surface area contributed by atoms with Gasteiger partial charge in [0.1, 0.15) is 11.6 Å². The van der Waals surface area contributed by atoms with E-state index < -0.39 is 5.82 Å². The molecule has 1 heterocycles. The first-order chi connectivity index (χ1) is 9.26. The molecule has 20 heavy (non-hydrogen) atoms. The Morgan fingerprint density at radius 3 is 2.55 bits per heavy atom. The average Bonchev–Trinajstić information content (AvgIpc) is 2.67. The number of fused-ring (bicyclic) bond motifs is 1. The summed E-state index contributed by atoms with van der Waals surface area (Å²) < 4.78 is 15.6. The van der Waals surface area contributed by atoms with Crippen molar-refractivity contribution in [1.82, 2.24) is 9.55 Å². The molecule has 0 aliphatic heterocycles. The summed E-state index contributed by atoms with van der Waals surface area (Å²) in [6.45, 7) is 9.54. The van der Waals surface area contributed by atoms with Crippen molar-refractivity contribution in [3.05, 3.63) is 28.8 Å². The lowest BCUT2D eigenvalue weighted by Crippen LogP contribution is -2.26. The maximum absolute atomic E-state index is 13.5. The number of aromatic nitrogens is 2. The SMILES string of the molecule is CC(C)C(C)(C)Cn1c(CCl)nc2cc(F)c(Cl)cc21. The molecule has 0 unspecified atom stereocenters. The van der Waals surface area contributed by atoms with Crippen LogP contribution in [0.5, 0.6) is 0 Å². The van der Waals surface area contributed by atoms with Gasteiger partial charge in [-0.3, -0.25) is 0 Å². The number of benzene rings is 1. The van der Waals surface area contributed by atoms with Gasteiger partial charge in [-0.15, -0.1) is 11.6 Å². The Morgan fingerprint density at radius 1 is 1.35 bits per heavy atom. The van der Waals surface area contributed by atoms with E-state index in [9.17, 15) is 4.39 Å². The second kappa shape index (κ2) is 5.53. The number of imidazole rings is 1. The third-order valence-corrected chi connectivity index (χ3v) is 4.65. The molecular formula is C15H19Cl2FN2. The molecule has 1 aromatic carbocycles. The highest BCUT2D eigenvalue weighted by Crippen LogP contribution is 2.32. The Kier molecular flexibility index (Phi) is 4.31. The molecule has 2 nitrogen and oxygen atoms in total. The highest BCUT2D eigenvalue weighted by Gasteiger charge is 2.25. The first-order valence-corrected chi connectivity index (χ1v) is 7.57. The Bertz CT molecular complexity index is 632. The summed E-state index contributed by atoms with van der Waals surface area (Å²) in [6, 6.07) is 3.00. The zero-order chi connectivity index (χ0) is 15.1. The molecule has 0 saturated carbocycles. The van der Waals surface area contributed by atoms with Gasteiger partial charge in [-0.25, -0.2) is 9.37 Å². The lowest BCUT2D eigenvalue weighted by Gasteiger charge is -2.30. The summed E-state index contributed by atoms with van der Waals surface area (Å²) in [4.78, 5) is 4.41. The van der Waals surface area contributed by atoms with Crippen molar-refractivity contribution in [2.24, 2.45) is 11.3 Å². The summed E-state index contributed by atoms with van der Waals surface area (Å²) in [5, 5.41) is 0.113. The van der Waals surface area contributed by atoms with E-state index in [4.69, 9.17) is 23.2 Å².